The first-order valence-corrected chi connectivity index (χ1v) is 2.97. The Labute approximate surface area is 76.4 Å². The third-order valence-corrected chi connectivity index (χ3v) is 0.843. The summed E-state index contributed by atoms with van der Waals surface area (Å²) in [6, 6.07) is 9.87. The predicted molar refractivity (Wildman–Crippen MR) is 41.9 cm³/mol. The van der Waals surface area contributed by atoms with Crippen LogP contribution in [0.1, 0.15) is 12.5 Å². The summed E-state index contributed by atoms with van der Waals surface area (Å²) in [7, 11) is 0. The Kier molecular flexibility index (Phi) is 10.8. The molecule has 1 heteroatoms. The van der Waals surface area contributed by atoms with Crippen LogP contribution in [0.25, 0.3) is 0 Å². The summed E-state index contributed by atoms with van der Waals surface area (Å²) in [5, 5.41) is 0. The van der Waals surface area contributed by atoms with Crippen LogP contribution in [0.5, 0.6) is 0 Å². The molecular weight excluding hydrogens is 173 g/mol. The third-order valence-electron chi connectivity index (χ3n) is 0.843. The van der Waals surface area contributed by atoms with Crippen molar-refractivity contribution in [1.29, 1.82) is 0 Å². The van der Waals surface area contributed by atoms with E-state index in [1.807, 2.05) is 30.3 Å². The van der Waals surface area contributed by atoms with Crippen LogP contribution in [0.4, 0.5) is 0 Å². The molecule has 1 rings (SSSR count). The van der Waals surface area contributed by atoms with E-state index in [1.165, 1.54) is 0 Å². The molecule has 0 aliphatic carbocycles. The van der Waals surface area contributed by atoms with E-state index in [0.717, 1.165) is 5.56 Å². The Balaban J connectivity index is 0. The van der Waals surface area contributed by atoms with Crippen LogP contribution in [-0.2, 0) is 19.5 Å². The smallest absolute Gasteiger partial charge is 0.346 e. The first kappa shape index (κ1) is 12.4. The number of hydrogen-bond acceptors (Lipinski definition) is 0. The van der Waals surface area contributed by atoms with Gasteiger partial charge in [0, 0.05) is 0 Å². The first-order chi connectivity index (χ1) is 4.39. The third kappa shape index (κ3) is 5.84. The predicted octanol–water partition coefficient (Wildman–Crippen LogP) is 2.71. The zero-order chi connectivity index (χ0) is 7.11. The normalized spacial score (nSPS) is 6.60. The topological polar surface area (TPSA) is 0 Å². The van der Waals surface area contributed by atoms with Gasteiger partial charge >= 0.3 is 19.5 Å². The van der Waals surface area contributed by atoms with E-state index >= 15 is 0 Å². The molecule has 0 aliphatic rings. The molecule has 0 N–H and O–H groups in total. The molecular formula is C9H12Zn. The number of hydrogen-bond donors (Lipinski definition) is 0. The molecule has 0 aromatic heterocycles. The van der Waals surface area contributed by atoms with E-state index in [0.29, 0.717) is 0 Å². The molecule has 0 atom stereocenters. The van der Waals surface area contributed by atoms with Crippen molar-refractivity contribution in [2.45, 2.75) is 6.92 Å². The van der Waals surface area contributed by atoms with Crippen molar-refractivity contribution < 1.29 is 19.5 Å². The summed E-state index contributed by atoms with van der Waals surface area (Å²) in [5.41, 5.74) is 1.07. The van der Waals surface area contributed by atoms with Crippen molar-refractivity contribution in [2.75, 3.05) is 0 Å². The SMILES string of the molecule is [CH2-]C.[CH2-]c1ccccc1.[Zn+2]. The largest absolute Gasteiger partial charge is 2.00 e. The van der Waals surface area contributed by atoms with Crippen molar-refractivity contribution in [3.8, 4) is 0 Å². The molecule has 0 saturated heterocycles. The summed E-state index contributed by atoms with van der Waals surface area (Å²) in [4.78, 5) is 0. The van der Waals surface area contributed by atoms with Crippen molar-refractivity contribution >= 4 is 0 Å². The van der Waals surface area contributed by atoms with Crippen molar-refractivity contribution in [3.63, 3.8) is 0 Å². The van der Waals surface area contributed by atoms with Gasteiger partial charge in [-0.15, -0.1) is 12.1 Å². The maximum absolute atomic E-state index is 3.72. The van der Waals surface area contributed by atoms with Gasteiger partial charge in [-0.1, -0.05) is 6.07 Å². The Morgan fingerprint density at radius 2 is 1.40 bits per heavy atom. The molecule has 0 bridgehead atoms. The fourth-order valence-electron chi connectivity index (χ4n) is 0.478. The number of benzene rings is 1. The average molecular weight is 186 g/mol. The molecule has 10 heavy (non-hydrogen) atoms. The summed E-state index contributed by atoms with van der Waals surface area (Å²) in [5.74, 6) is 0. The van der Waals surface area contributed by atoms with Gasteiger partial charge in [0.05, 0.1) is 0 Å². The second-order valence-electron chi connectivity index (χ2n) is 1.49. The summed E-state index contributed by atoms with van der Waals surface area (Å²) in [6.45, 7) is 8.72. The fourth-order valence-corrected chi connectivity index (χ4v) is 0.478. The second-order valence-corrected chi connectivity index (χ2v) is 1.49. The second kappa shape index (κ2) is 8.71. The standard InChI is InChI=1S/C7H7.C2H5.Zn/c1-7-5-3-2-4-6-7;1-2;/h2-6H,1H2;1H2,2H3;/q2*-1;+2. The maximum atomic E-state index is 3.72. The molecule has 0 amide bonds. The maximum Gasteiger partial charge on any atom is 2.00 e. The van der Waals surface area contributed by atoms with Gasteiger partial charge in [0.15, 0.2) is 0 Å². The summed E-state index contributed by atoms with van der Waals surface area (Å²) >= 11 is 0. The quantitative estimate of drug-likeness (QED) is 0.431. The van der Waals surface area contributed by atoms with Gasteiger partial charge in [-0.3, -0.25) is 0 Å². The van der Waals surface area contributed by atoms with Crippen LogP contribution >= 0.6 is 0 Å². The number of rotatable bonds is 0. The average Bonchev–Trinajstić information content (AvgIpc) is 1.94. The monoisotopic (exact) mass is 184 g/mol. The molecule has 1 aromatic rings. The summed E-state index contributed by atoms with van der Waals surface area (Å²) < 4.78 is 0. The van der Waals surface area contributed by atoms with E-state index in [1.54, 1.807) is 6.92 Å². The van der Waals surface area contributed by atoms with Gasteiger partial charge in [-0.25, -0.2) is 0 Å². The van der Waals surface area contributed by atoms with E-state index in [2.05, 4.69) is 13.8 Å². The minimum atomic E-state index is 0. The van der Waals surface area contributed by atoms with Crippen LogP contribution in [0, 0.1) is 13.8 Å². The molecule has 0 saturated carbocycles. The van der Waals surface area contributed by atoms with E-state index < -0.39 is 0 Å². The molecule has 0 radical (unpaired) electrons. The Hall–Kier alpha value is -0.287. The van der Waals surface area contributed by atoms with Crippen LogP contribution in [-0.4, -0.2) is 0 Å². The molecule has 0 unspecified atom stereocenters. The fraction of sp³-hybridized carbons (Fsp3) is 0.111. The van der Waals surface area contributed by atoms with Gasteiger partial charge in [-0.05, 0) is 0 Å². The van der Waals surface area contributed by atoms with Crippen LogP contribution < -0.4 is 0 Å². The van der Waals surface area contributed by atoms with Gasteiger partial charge in [0.25, 0.3) is 0 Å². The molecule has 1 aromatic carbocycles. The van der Waals surface area contributed by atoms with Crippen molar-refractivity contribution in [2.24, 2.45) is 0 Å². The van der Waals surface area contributed by atoms with E-state index in [4.69, 9.17) is 0 Å². The van der Waals surface area contributed by atoms with Crippen LogP contribution in [0.3, 0.4) is 0 Å². The van der Waals surface area contributed by atoms with Crippen molar-refractivity contribution in [3.05, 3.63) is 49.7 Å². The molecule has 50 valence electrons. The minimum Gasteiger partial charge on any atom is -0.346 e. The van der Waals surface area contributed by atoms with Gasteiger partial charge in [-0.2, -0.15) is 31.5 Å². The molecule has 0 heterocycles. The van der Waals surface area contributed by atoms with Gasteiger partial charge in [0.1, 0.15) is 0 Å². The molecule has 0 aliphatic heterocycles. The summed E-state index contributed by atoms with van der Waals surface area (Å²) in [6.07, 6.45) is 0. The Morgan fingerprint density at radius 1 is 1.00 bits per heavy atom. The minimum absolute atomic E-state index is 0. The van der Waals surface area contributed by atoms with E-state index in [-0.39, 0.29) is 19.5 Å². The van der Waals surface area contributed by atoms with Crippen LogP contribution in [0.15, 0.2) is 30.3 Å². The van der Waals surface area contributed by atoms with Crippen molar-refractivity contribution in [1.82, 2.24) is 0 Å². The molecule has 0 fully saturated rings. The zero-order valence-electron chi connectivity index (χ0n) is 6.51. The first-order valence-electron chi connectivity index (χ1n) is 2.97. The Bertz CT molecular complexity index is 135. The van der Waals surface area contributed by atoms with Crippen LogP contribution in [0.2, 0.25) is 0 Å². The molecule has 0 nitrogen and oxygen atoms in total. The molecule has 0 spiro atoms. The van der Waals surface area contributed by atoms with Gasteiger partial charge in [0.2, 0.25) is 0 Å². The van der Waals surface area contributed by atoms with E-state index in [9.17, 15) is 0 Å². The van der Waals surface area contributed by atoms with Gasteiger partial charge < -0.3 is 6.92 Å². The Morgan fingerprint density at radius 3 is 1.60 bits per heavy atom. The zero-order valence-corrected chi connectivity index (χ0v) is 9.48.